The summed E-state index contributed by atoms with van der Waals surface area (Å²) in [4.78, 5) is 28.1. The van der Waals surface area contributed by atoms with Gasteiger partial charge in [-0.15, -0.1) is 0 Å². The Morgan fingerprint density at radius 2 is 1.35 bits per heavy atom. The van der Waals surface area contributed by atoms with Gasteiger partial charge < -0.3 is 10.2 Å². The van der Waals surface area contributed by atoms with Gasteiger partial charge in [-0.3, -0.25) is 9.59 Å². The van der Waals surface area contributed by atoms with Crippen molar-refractivity contribution in [3.05, 3.63) is 108 Å². The maximum atomic E-state index is 13.4. The normalized spacial score (nSPS) is 15.3. The number of benzene rings is 3. The zero-order valence-electron chi connectivity index (χ0n) is 17.6. The molecule has 1 unspecified atom stereocenters. The first kappa shape index (κ1) is 20.9. The summed E-state index contributed by atoms with van der Waals surface area (Å²) in [6.07, 6.45) is 2.37. The van der Waals surface area contributed by atoms with Gasteiger partial charge in [0.25, 0.3) is 5.91 Å². The Morgan fingerprint density at radius 1 is 0.806 bits per heavy atom. The summed E-state index contributed by atoms with van der Waals surface area (Å²) in [5, 5.41) is 2.99. The molecule has 158 valence electrons. The Balaban J connectivity index is 1.45. The van der Waals surface area contributed by atoms with Crippen LogP contribution in [-0.2, 0) is 11.2 Å². The number of amides is 2. The molecule has 1 saturated heterocycles. The summed E-state index contributed by atoms with van der Waals surface area (Å²) in [5.41, 5.74) is 2.94. The van der Waals surface area contributed by atoms with Crippen LogP contribution in [-0.4, -0.2) is 35.8 Å². The van der Waals surface area contributed by atoms with Gasteiger partial charge in [-0.25, -0.2) is 0 Å². The van der Waals surface area contributed by atoms with Crippen LogP contribution in [0.5, 0.6) is 0 Å². The van der Waals surface area contributed by atoms with Gasteiger partial charge in [-0.2, -0.15) is 0 Å². The fourth-order valence-corrected chi connectivity index (χ4v) is 4.26. The van der Waals surface area contributed by atoms with Crippen LogP contribution in [0.25, 0.3) is 0 Å². The van der Waals surface area contributed by atoms with E-state index in [2.05, 4.69) is 29.6 Å². The van der Waals surface area contributed by atoms with Gasteiger partial charge in [-0.05, 0) is 42.0 Å². The lowest BCUT2D eigenvalue weighted by molar-refractivity contribution is -0.134. The zero-order chi connectivity index (χ0) is 21.5. The lowest BCUT2D eigenvalue weighted by atomic mass is 9.89. The number of rotatable bonds is 6. The van der Waals surface area contributed by atoms with Crippen LogP contribution in [0, 0.1) is 0 Å². The molecule has 3 aromatic carbocycles. The number of hydrogen-bond donors (Lipinski definition) is 1. The number of nitrogens with zero attached hydrogens (tertiary/aromatic N) is 1. The molecule has 1 N–H and O–H groups in total. The molecule has 0 radical (unpaired) electrons. The molecule has 1 atom stereocenters. The molecule has 4 nitrogen and oxygen atoms in total. The number of piperidine rings is 1. The van der Waals surface area contributed by atoms with Crippen LogP contribution in [0.3, 0.4) is 0 Å². The van der Waals surface area contributed by atoms with Crippen LogP contribution in [0.15, 0.2) is 91.0 Å². The van der Waals surface area contributed by atoms with Gasteiger partial charge in [0.05, 0.1) is 0 Å². The van der Waals surface area contributed by atoms with Crippen LogP contribution in [0.2, 0.25) is 0 Å². The molecule has 4 heteroatoms. The molecule has 0 aliphatic carbocycles. The number of hydrogen-bond acceptors (Lipinski definition) is 2. The van der Waals surface area contributed by atoms with Crippen molar-refractivity contribution < 1.29 is 9.59 Å². The molecule has 0 bridgehead atoms. The molecule has 4 rings (SSSR count). The molecule has 0 saturated carbocycles. The molecular weight excluding hydrogens is 384 g/mol. The Hall–Kier alpha value is -3.40. The molecule has 0 spiro atoms. The third-order valence-corrected chi connectivity index (χ3v) is 6.00. The van der Waals surface area contributed by atoms with E-state index in [0.717, 1.165) is 18.4 Å². The maximum absolute atomic E-state index is 13.4. The third kappa shape index (κ3) is 5.40. The van der Waals surface area contributed by atoms with Gasteiger partial charge in [0.1, 0.15) is 6.04 Å². The maximum Gasteiger partial charge on any atom is 0.251 e. The van der Waals surface area contributed by atoms with Crippen LogP contribution < -0.4 is 5.32 Å². The molecule has 3 aromatic rings. The average Bonchev–Trinajstić information content (AvgIpc) is 2.85. The second kappa shape index (κ2) is 10.1. The van der Waals surface area contributed by atoms with E-state index >= 15 is 0 Å². The fraction of sp³-hybridized carbons (Fsp3) is 0.259. The first-order valence-electron chi connectivity index (χ1n) is 10.9. The Morgan fingerprint density at radius 3 is 1.97 bits per heavy atom. The highest BCUT2D eigenvalue weighted by Crippen LogP contribution is 2.28. The molecule has 2 amide bonds. The van der Waals surface area contributed by atoms with Gasteiger partial charge in [0, 0.05) is 25.1 Å². The predicted molar refractivity (Wildman–Crippen MR) is 123 cm³/mol. The molecule has 0 aromatic heterocycles. The summed E-state index contributed by atoms with van der Waals surface area (Å²) in [7, 11) is 0. The SMILES string of the molecule is O=C(NC(Cc1ccccc1)C(=O)N1CCC(c2ccccc2)CC1)c1ccccc1. The standard InChI is InChI=1S/C27H28N2O2/c30-26(24-14-8-3-9-15-24)28-25(20-21-10-4-1-5-11-21)27(31)29-18-16-23(17-19-29)22-12-6-2-7-13-22/h1-15,23,25H,16-20H2,(H,28,30). The van der Waals surface area contributed by atoms with E-state index in [1.807, 2.05) is 59.5 Å². The minimum atomic E-state index is -0.580. The second-order valence-corrected chi connectivity index (χ2v) is 8.09. The van der Waals surface area contributed by atoms with E-state index < -0.39 is 6.04 Å². The topological polar surface area (TPSA) is 49.4 Å². The van der Waals surface area contributed by atoms with Crippen molar-refractivity contribution in [1.29, 1.82) is 0 Å². The summed E-state index contributed by atoms with van der Waals surface area (Å²) in [6.45, 7) is 1.43. The molecule has 1 aliphatic rings. The predicted octanol–water partition coefficient (Wildman–Crippen LogP) is 4.43. The minimum absolute atomic E-state index is 0.000328. The van der Waals surface area contributed by atoms with Crippen molar-refractivity contribution in [3.8, 4) is 0 Å². The average molecular weight is 413 g/mol. The number of carbonyl (C=O) groups excluding carboxylic acids is 2. The number of carbonyl (C=O) groups is 2. The van der Waals surface area contributed by atoms with Gasteiger partial charge in [-0.1, -0.05) is 78.9 Å². The largest absolute Gasteiger partial charge is 0.341 e. The Kier molecular flexibility index (Phi) is 6.78. The summed E-state index contributed by atoms with van der Waals surface area (Å²) >= 11 is 0. The first-order valence-corrected chi connectivity index (χ1v) is 10.9. The van der Waals surface area contributed by atoms with E-state index in [9.17, 15) is 9.59 Å². The van der Waals surface area contributed by atoms with Crippen molar-refractivity contribution in [2.24, 2.45) is 0 Å². The number of likely N-dealkylation sites (tertiary alicyclic amines) is 1. The van der Waals surface area contributed by atoms with E-state index in [4.69, 9.17) is 0 Å². The minimum Gasteiger partial charge on any atom is -0.341 e. The monoisotopic (exact) mass is 412 g/mol. The van der Waals surface area contributed by atoms with E-state index in [1.165, 1.54) is 5.56 Å². The van der Waals surface area contributed by atoms with Gasteiger partial charge in [0.15, 0.2) is 0 Å². The van der Waals surface area contributed by atoms with E-state index in [0.29, 0.717) is 31.0 Å². The quantitative estimate of drug-likeness (QED) is 0.651. The van der Waals surface area contributed by atoms with Crippen molar-refractivity contribution in [1.82, 2.24) is 10.2 Å². The van der Waals surface area contributed by atoms with Crippen molar-refractivity contribution in [2.75, 3.05) is 13.1 Å². The van der Waals surface area contributed by atoms with Crippen molar-refractivity contribution in [3.63, 3.8) is 0 Å². The highest BCUT2D eigenvalue weighted by Gasteiger charge is 2.30. The van der Waals surface area contributed by atoms with Crippen molar-refractivity contribution >= 4 is 11.8 Å². The molecule has 1 heterocycles. The van der Waals surface area contributed by atoms with Crippen LogP contribution >= 0.6 is 0 Å². The van der Waals surface area contributed by atoms with Crippen LogP contribution in [0.1, 0.15) is 40.2 Å². The second-order valence-electron chi connectivity index (χ2n) is 8.09. The van der Waals surface area contributed by atoms with Gasteiger partial charge in [0.2, 0.25) is 5.91 Å². The summed E-state index contributed by atoms with van der Waals surface area (Å²) in [6, 6.07) is 28.9. The smallest absolute Gasteiger partial charge is 0.251 e. The van der Waals surface area contributed by atoms with Crippen LogP contribution in [0.4, 0.5) is 0 Å². The Bertz CT molecular complexity index is 982. The Labute approximate surface area is 183 Å². The highest BCUT2D eigenvalue weighted by atomic mass is 16.2. The summed E-state index contributed by atoms with van der Waals surface area (Å²) in [5.74, 6) is 0.269. The lowest BCUT2D eigenvalue weighted by Crippen LogP contribution is -2.51. The molecule has 1 aliphatic heterocycles. The zero-order valence-corrected chi connectivity index (χ0v) is 17.6. The first-order chi connectivity index (χ1) is 15.2. The number of nitrogens with one attached hydrogen (secondary N) is 1. The molecule has 1 fully saturated rings. The lowest BCUT2D eigenvalue weighted by Gasteiger charge is -2.34. The molecule has 31 heavy (non-hydrogen) atoms. The van der Waals surface area contributed by atoms with E-state index in [-0.39, 0.29) is 11.8 Å². The van der Waals surface area contributed by atoms with Gasteiger partial charge >= 0.3 is 0 Å². The molecular formula is C27H28N2O2. The van der Waals surface area contributed by atoms with Crippen molar-refractivity contribution in [2.45, 2.75) is 31.2 Å². The third-order valence-electron chi connectivity index (χ3n) is 6.00. The summed E-state index contributed by atoms with van der Waals surface area (Å²) < 4.78 is 0. The fourth-order valence-electron chi connectivity index (χ4n) is 4.26. The highest BCUT2D eigenvalue weighted by molar-refractivity contribution is 5.97. The van der Waals surface area contributed by atoms with E-state index in [1.54, 1.807) is 12.1 Å².